The molecule has 0 radical (unpaired) electrons. The molecule has 0 spiro atoms. The van der Waals surface area contributed by atoms with Crippen molar-refractivity contribution in [2.24, 2.45) is 5.92 Å². The molecular formula is C20H22ClN3O4. The molecule has 1 aliphatic heterocycles. The minimum atomic E-state index is -0.499. The highest BCUT2D eigenvalue weighted by Gasteiger charge is 2.27. The van der Waals surface area contributed by atoms with E-state index in [1.165, 1.54) is 25.3 Å². The molecule has 8 heteroatoms. The third-order valence-corrected chi connectivity index (χ3v) is 5.25. The van der Waals surface area contributed by atoms with Gasteiger partial charge in [0.2, 0.25) is 5.91 Å². The molecule has 1 unspecified atom stereocenters. The first kappa shape index (κ1) is 20.1. The number of anilines is 1. The van der Waals surface area contributed by atoms with Crippen LogP contribution in [0.3, 0.4) is 0 Å². The van der Waals surface area contributed by atoms with Gasteiger partial charge in [0.25, 0.3) is 5.69 Å². The van der Waals surface area contributed by atoms with Crippen LogP contribution >= 0.6 is 11.6 Å². The maximum Gasteiger partial charge on any atom is 0.271 e. The minimum absolute atomic E-state index is 0.0971. The molecule has 0 bridgehead atoms. The number of likely N-dealkylation sites (tertiary alicyclic amines) is 1. The lowest BCUT2D eigenvalue weighted by atomic mass is 9.96. The molecule has 3 rings (SSSR count). The highest BCUT2D eigenvalue weighted by molar-refractivity contribution is 6.31. The van der Waals surface area contributed by atoms with Crippen LogP contribution in [0.5, 0.6) is 5.75 Å². The quantitative estimate of drug-likeness (QED) is 0.579. The zero-order valence-electron chi connectivity index (χ0n) is 15.6. The average molecular weight is 404 g/mol. The molecule has 1 heterocycles. The van der Waals surface area contributed by atoms with Crippen molar-refractivity contribution in [2.75, 3.05) is 25.5 Å². The van der Waals surface area contributed by atoms with Crippen molar-refractivity contribution in [3.05, 3.63) is 63.2 Å². The summed E-state index contributed by atoms with van der Waals surface area (Å²) in [6.45, 7) is 2.19. The first-order valence-corrected chi connectivity index (χ1v) is 9.44. The topological polar surface area (TPSA) is 84.7 Å². The monoisotopic (exact) mass is 403 g/mol. The lowest BCUT2D eigenvalue weighted by molar-refractivity contribution is -0.384. The van der Waals surface area contributed by atoms with Crippen LogP contribution in [0.2, 0.25) is 5.02 Å². The van der Waals surface area contributed by atoms with E-state index in [4.69, 9.17) is 16.3 Å². The molecule has 0 aromatic heterocycles. The summed E-state index contributed by atoms with van der Waals surface area (Å²) in [7, 11) is 1.46. The van der Waals surface area contributed by atoms with E-state index in [2.05, 4.69) is 10.2 Å². The van der Waals surface area contributed by atoms with Crippen molar-refractivity contribution < 1.29 is 14.5 Å². The predicted molar refractivity (Wildman–Crippen MR) is 108 cm³/mol. The van der Waals surface area contributed by atoms with E-state index in [1.807, 2.05) is 24.3 Å². The number of nitrogens with one attached hydrogen (secondary N) is 1. The molecule has 1 fully saturated rings. The molecule has 1 aliphatic rings. The number of hydrogen-bond donors (Lipinski definition) is 1. The van der Waals surface area contributed by atoms with Gasteiger partial charge in [-0.15, -0.1) is 0 Å². The maximum absolute atomic E-state index is 12.8. The van der Waals surface area contributed by atoms with Gasteiger partial charge in [0.05, 0.1) is 23.6 Å². The SMILES string of the molecule is COc1ccc([N+](=O)[O-])cc1NC(=O)C1CCCN(Cc2ccccc2Cl)C1. The summed E-state index contributed by atoms with van der Waals surface area (Å²) in [4.78, 5) is 25.5. The fourth-order valence-corrected chi connectivity index (χ4v) is 3.62. The van der Waals surface area contributed by atoms with Gasteiger partial charge in [0, 0.05) is 30.2 Å². The van der Waals surface area contributed by atoms with E-state index in [0.717, 1.165) is 30.0 Å². The van der Waals surface area contributed by atoms with Gasteiger partial charge in [-0.3, -0.25) is 19.8 Å². The molecule has 1 N–H and O–H groups in total. The van der Waals surface area contributed by atoms with Crippen molar-refractivity contribution in [1.29, 1.82) is 0 Å². The smallest absolute Gasteiger partial charge is 0.271 e. The number of carbonyl (C=O) groups is 1. The fraction of sp³-hybridized carbons (Fsp3) is 0.350. The van der Waals surface area contributed by atoms with Gasteiger partial charge in [-0.05, 0) is 37.1 Å². The number of carbonyl (C=O) groups excluding carboxylic acids is 1. The number of methoxy groups -OCH3 is 1. The molecule has 28 heavy (non-hydrogen) atoms. The molecule has 2 aromatic carbocycles. The second-order valence-corrected chi connectivity index (χ2v) is 7.20. The predicted octanol–water partition coefficient (Wildman–Crippen LogP) is 4.11. The van der Waals surface area contributed by atoms with Crippen LogP contribution < -0.4 is 10.1 Å². The van der Waals surface area contributed by atoms with Crippen LogP contribution in [-0.4, -0.2) is 35.9 Å². The summed E-state index contributed by atoms with van der Waals surface area (Å²) >= 11 is 6.25. The number of nitrogens with zero attached hydrogens (tertiary/aromatic N) is 2. The first-order chi connectivity index (χ1) is 13.5. The lowest BCUT2D eigenvalue weighted by Gasteiger charge is -2.32. The van der Waals surface area contributed by atoms with E-state index in [9.17, 15) is 14.9 Å². The number of amides is 1. The third-order valence-electron chi connectivity index (χ3n) is 4.88. The number of benzene rings is 2. The summed E-state index contributed by atoms with van der Waals surface area (Å²) < 4.78 is 5.22. The first-order valence-electron chi connectivity index (χ1n) is 9.07. The number of non-ortho nitro benzene ring substituents is 1. The molecule has 1 saturated heterocycles. The second-order valence-electron chi connectivity index (χ2n) is 6.80. The number of halogens is 1. The summed E-state index contributed by atoms with van der Waals surface area (Å²) in [5.41, 5.74) is 1.25. The van der Waals surface area contributed by atoms with Crippen LogP contribution in [0.25, 0.3) is 0 Å². The summed E-state index contributed by atoms with van der Waals surface area (Å²) in [6, 6.07) is 11.8. The Labute approximate surface area is 168 Å². The zero-order valence-corrected chi connectivity index (χ0v) is 16.3. The van der Waals surface area contributed by atoms with Gasteiger partial charge in [0.1, 0.15) is 5.75 Å². The van der Waals surface area contributed by atoms with E-state index in [0.29, 0.717) is 24.5 Å². The van der Waals surface area contributed by atoms with Crippen molar-refractivity contribution in [3.63, 3.8) is 0 Å². The van der Waals surface area contributed by atoms with Gasteiger partial charge in [-0.25, -0.2) is 0 Å². The summed E-state index contributed by atoms with van der Waals surface area (Å²) in [5, 5.41) is 14.5. The molecule has 148 valence electrons. The number of ether oxygens (including phenoxy) is 1. The van der Waals surface area contributed by atoms with Crippen LogP contribution in [0.15, 0.2) is 42.5 Å². The van der Waals surface area contributed by atoms with Crippen molar-refractivity contribution in [1.82, 2.24) is 4.90 Å². The Hall–Kier alpha value is -2.64. The maximum atomic E-state index is 12.8. The molecule has 1 amide bonds. The fourth-order valence-electron chi connectivity index (χ4n) is 3.42. The van der Waals surface area contributed by atoms with Crippen molar-refractivity contribution in [3.8, 4) is 5.75 Å². The number of hydrogen-bond acceptors (Lipinski definition) is 5. The van der Waals surface area contributed by atoms with Crippen LogP contribution in [-0.2, 0) is 11.3 Å². The van der Waals surface area contributed by atoms with Gasteiger partial charge in [-0.1, -0.05) is 29.8 Å². The van der Waals surface area contributed by atoms with Gasteiger partial charge in [-0.2, -0.15) is 0 Å². The number of piperidine rings is 1. The highest BCUT2D eigenvalue weighted by atomic mass is 35.5. The molecular weight excluding hydrogens is 382 g/mol. The van der Waals surface area contributed by atoms with Gasteiger partial charge < -0.3 is 10.1 Å². The molecule has 2 aromatic rings. The van der Waals surface area contributed by atoms with Crippen molar-refractivity contribution >= 4 is 28.9 Å². The van der Waals surface area contributed by atoms with E-state index in [1.54, 1.807) is 0 Å². The lowest BCUT2D eigenvalue weighted by Crippen LogP contribution is -2.40. The Balaban J connectivity index is 1.68. The number of nitro groups is 1. The van der Waals surface area contributed by atoms with E-state index in [-0.39, 0.29) is 17.5 Å². The molecule has 7 nitrogen and oxygen atoms in total. The number of rotatable bonds is 6. The summed E-state index contributed by atoms with van der Waals surface area (Å²) in [6.07, 6.45) is 1.66. The summed E-state index contributed by atoms with van der Waals surface area (Å²) in [5.74, 6) is 0.0190. The Kier molecular flexibility index (Phi) is 6.49. The molecule has 1 atom stereocenters. The Morgan fingerprint density at radius 1 is 1.36 bits per heavy atom. The van der Waals surface area contributed by atoms with E-state index >= 15 is 0 Å². The standard InChI is InChI=1S/C20H22ClN3O4/c1-28-19-9-8-16(24(26)27)11-18(19)22-20(25)15-6-4-10-23(13-15)12-14-5-2-3-7-17(14)21/h2-3,5,7-9,11,15H,4,6,10,12-13H2,1H3,(H,22,25). The second kappa shape index (κ2) is 9.03. The Morgan fingerprint density at radius 2 is 2.14 bits per heavy atom. The normalized spacial score (nSPS) is 17.1. The zero-order chi connectivity index (χ0) is 20.1. The van der Waals surface area contributed by atoms with Crippen molar-refractivity contribution in [2.45, 2.75) is 19.4 Å². The Morgan fingerprint density at radius 3 is 2.86 bits per heavy atom. The van der Waals surface area contributed by atoms with Gasteiger partial charge >= 0.3 is 0 Å². The number of nitro benzene ring substituents is 1. The third kappa shape index (κ3) is 4.79. The van der Waals surface area contributed by atoms with E-state index < -0.39 is 4.92 Å². The van der Waals surface area contributed by atoms with Crippen LogP contribution in [0.1, 0.15) is 18.4 Å². The largest absolute Gasteiger partial charge is 0.495 e. The average Bonchev–Trinajstić information content (AvgIpc) is 2.70. The molecule has 0 aliphatic carbocycles. The minimum Gasteiger partial charge on any atom is -0.495 e. The Bertz CT molecular complexity index is 874. The van der Waals surface area contributed by atoms with Crippen LogP contribution in [0, 0.1) is 16.0 Å². The molecule has 0 saturated carbocycles. The van der Waals surface area contributed by atoms with Crippen LogP contribution in [0.4, 0.5) is 11.4 Å². The highest BCUT2D eigenvalue weighted by Crippen LogP contribution is 2.30. The van der Waals surface area contributed by atoms with Gasteiger partial charge in [0.15, 0.2) is 0 Å².